The summed E-state index contributed by atoms with van der Waals surface area (Å²) in [5, 5.41) is 4.21. The summed E-state index contributed by atoms with van der Waals surface area (Å²) in [5.41, 5.74) is 5.28. The highest BCUT2D eigenvalue weighted by Crippen LogP contribution is 2.38. The number of aromatic amines is 1. The molecule has 0 saturated heterocycles. The van der Waals surface area contributed by atoms with Crippen molar-refractivity contribution in [1.29, 1.82) is 0 Å². The molecule has 26 heavy (non-hydrogen) atoms. The van der Waals surface area contributed by atoms with Crippen molar-refractivity contribution in [3.05, 3.63) is 68.2 Å². The Morgan fingerprint density at radius 3 is 3.04 bits per heavy atom. The second-order valence-corrected chi connectivity index (χ2v) is 7.91. The lowest BCUT2D eigenvalue weighted by Crippen LogP contribution is -2.35. The van der Waals surface area contributed by atoms with Gasteiger partial charge in [0.1, 0.15) is 5.82 Å². The Kier molecular flexibility index (Phi) is 3.94. The molecule has 0 unspecified atom stereocenters. The van der Waals surface area contributed by atoms with Crippen molar-refractivity contribution in [1.82, 2.24) is 19.9 Å². The minimum atomic E-state index is 0.0471. The fourth-order valence-electron chi connectivity index (χ4n) is 3.65. The van der Waals surface area contributed by atoms with Gasteiger partial charge in [0.25, 0.3) is 5.56 Å². The maximum Gasteiger partial charge on any atom is 0.255 e. The normalized spacial score (nSPS) is 17.2. The second-order valence-electron chi connectivity index (χ2n) is 7.13. The molecule has 5 rings (SSSR count). The van der Waals surface area contributed by atoms with Gasteiger partial charge in [0.15, 0.2) is 0 Å². The molecule has 1 aliphatic heterocycles. The number of fused-ring (bicyclic) bond motifs is 1. The molecule has 1 fully saturated rings. The number of aromatic nitrogens is 3. The molecule has 0 aromatic carbocycles. The molecular weight excluding hydrogens is 344 g/mol. The third kappa shape index (κ3) is 2.99. The topological polar surface area (TPSA) is 61.9 Å². The summed E-state index contributed by atoms with van der Waals surface area (Å²) in [5.74, 6) is 1.38. The van der Waals surface area contributed by atoms with Gasteiger partial charge < -0.3 is 4.98 Å². The van der Waals surface area contributed by atoms with Crippen LogP contribution in [0.15, 0.2) is 40.0 Å². The van der Waals surface area contributed by atoms with Gasteiger partial charge in [-0.25, -0.2) is 4.98 Å². The molecule has 0 bridgehead atoms. The van der Waals surface area contributed by atoms with Crippen LogP contribution in [0.25, 0.3) is 11.3 Å². The van der Waals surface area contributed by atoms with E-state index in [4.69, 9.17) is 4.98 Å². The van der Waals surface area contributed by atoms with E-state index in [0.29, 0.717) is 12.5 Å². The molecule has 3 aromatic rings. The molecule has 132 valence electrons. The number of H-pyrrole nitrogens is 1. The Bertz CT molecular complexity index is 991. The van der Waals surface area contributed by atoms with Crippen LogP contribution in [-0.4, -0.2) is 26.4 Å². The van der Waals surface area contributed by atoms with Crippen molar-refractivity contribution in [2.75, 3.05) is 6.54 Å². The first kappa shape index (κ1) is 15.9. The van der Waals surface area contributed by atoms with Crippen molar-refractivity contribution >= 4 is 11.3 Å². The van der Waals surface area contributed by atoms with Crippen molar-refractivity contribution in [3.8, 4) is 11.3 Å². The van der Waals surface area contributed by atoms with Crippen molar-refractivity contribution in [2.45, 2.75) is 38.3 Å². The minimum Gasteiger partial charge on any atom is -0.310 e. The van der Waals surface area contributed by atoms with E-state index in [9.17, 15) is 4.79 Å². The zero-order chi connectivity index (χ0) is 17.5. The predicted octanol–water partition coefficient (Wildman–Crippen LogP) is 3.33. The highest BCUT2D eigenvalue weighted by atomic mass is 32.1. The fraction of sp³-hybridized carbons (Fsp3) is 0.350. The number of thiophene rings is 1. The number of hydrogen-bond donors (Lipinski definition) is 1. The zero-order valence-electron chi connectivity index (χ0n) is 14.4. The lowest BCUT2D eigenvalue weighted by Gasteiger charge is -2.28. The van der Waals surface area contributed by atoms with E-state index in [1.807, 2.05) is 12.3 Å². The van der Waals surface area contributed by atoms with Crippen LogP contribution < -0.4 is 5.56 Å². The van der Waals surface area contributed by atoms with Crippen molar-refractivity contribution in [3.63, 3.8) is 0 Å². The number of hydrogen-bond acceptors (Lipinski definition) is 5. The van der Waals surface area contributed by atoms with E-state index in [2.05, 4.69) is 37.8 Å². The van der Waals surface area contributed by atoms with E-state index in [-0.39, 0.29) is 5.56 Å². The zero-order valence-corrected chi connectivity index (χ0v) is 15.3. The van der Waals surface area contributed by atoms with Gasteiger partial charge in [0.2, 0.25) is 0 Å². The average molecular weight is 364 g/mol. The smallest absolute Gasteiger partial charge is 0.255 e. The highest BCUT2D eigenvalue weighted by molar-refractivity contribution is 7.08. The molecule has 0 radical (unpaired) electrons. The quantitative estimate of drug-likeness (QED) is 0.771. The van der Waals surface area contributed by atoms with E-state index in [0.717, 1.165) is 60.7 Å². The van der Waals surface area contributed by atoms with E-state index in [1.165, 1.54) is 5.56 Å². The van der Waals surface area contributed by atoms with Crippen LogP contribution in [0.1, 0.15) is 41.4 Å². The van der Waals surface area contributed by atoms with Gasteiger partial charge in [0, 0.05) is 49.1 Å². The number of pyridine rings is 1. The summed E-state index contributed by atoms with van der Waals surface area (Å²) in [6.07, 6.45) is 4.99. The van der Waals surface area contributed by atoms with Gasteiger partial charge >= 0.3 is 0 Å². The molecule has 4 heterocycles. The van der Waals surface area contributed by atoms with Crippen LogP contribution >= 0.6 is 11.3 Å². The first-order valence-corrected chi connectivity index (χ1v) is 10.0. The Morgan fingerprint density at radius 2 is 2.23 bits per heavy atom. The minimum absolute atomic E-state index is 0.0471. The lowest BCUT2D eigenvalue weighted by molar-refractivity contribution is 0.241. The lowest BCUT2D eigenvalue weighted by atomic mass is 10.0. The molecule has 5 nitrogen and oxygen atoms in total. The fourth-order valence-corrected chi connectivity index (χ4v) is 4.29. The van der Waals surface area contributed by atoms with Crippen LogP contribution in [0.3, 0.4) is 0 Å². The highest BCUT2D eigenvalue weighted by Gasteiger charge is 2.29. The Balaban J connectivity index is 1.40. The maximum absolute atomic E-state index is 12.5. The summed E-state index contributed by atoms with van der Waals surface area (Å²) in [6, 6.07) is 6.23. The molecule has 1 saturated carbocycles. The molecule has 3 aromatic heterocycles. The Hall–Kier alpha value is -2.31. The van der Waals surface area contributed by atoms with Gasteiger partial charge in [-0.1, -0.05) is 6.07 Å². The van der Waals surface area contributed by atoms with Gasteiger partial charge in [-0.05, 0) is 35.9 Å². The van der Waals surface area contributed by atoms with Gasteiger partial charge in [-0.3, -0.25) is 14.7 Å². The summed E-state index contributed by atoms with van der Waals surface area (Å²) in [7, 11) is 0. The average Bonchev–Trinajstić information content (AvgIpc) is 3.37. The molecule has 1 N–H and O–H groups in total. The summed E-state index contributed by atoms with van der Waals surface area (Å²) >= 11 is 1.68. The van der Waals surface area contributed by atoms with Crippen LogP contribution in [0.4, 0.5) is 0 Å². The summed E-state index contributed by atoms with van der Waals surface area (Å²) < 4.78 is 0. The van der Waals surface area contributed by atoms with Gasteiger partial charge in [0.05, 0.1) is 17.0 Å². The molecule has 6 heteroatoms. The molecule has 0 atom stereocenters. The molecule has 0 spiro atoms. The van der Waals surface area contributed by atoms with E-state index < -0.39 is 0 Å². The third-order valence-corrected chi connectivity index (χ3v) is 5.89. The van der Waals surface area contributed by atoms with Crippen molar-refractivity contribution in [2.24, 2.45) is 0 Å². The molecule has 1 aliphatic carbocycles. The second kappa shape index (κ2) is 6.45. The standard InChI is InChI=1S/C20H20N4OS/c25-20-16-11-24(8-5-17(16)22-19(23-20)13-3-4-13)10-14-2-1-7-21-18(14)15-6-9-26-12-15/h1-2,6-7,9,12-13H,3-5,8,10-11H2,(H,22,23,25). The third-order valence-electron chi connectivity index (χ3n) is 5.21. The monoisotopic (exact) mass is 364 g/mol. The first-order valence-electron chi connectivity index (χ1n) is 9.09. The van der Waals surface area contributed by atoms with Crippen LogP contribution in [0.5, 0.6) is 0 Å². The first-order chi connectivity index (χ1) is 12.8. The summed E-state index contributed by atoms with van der Waals surface area (Å²) in [6.45, 7) is 2.37. The van der Waals surface area contributed by atoms with E-state index >= 15 is 0 Å². The van der Waals surface area contributed by atoms with Gasteiger partial charge in [-0.15, -0.1) is 0 Å². The van der Waals surface area contributed by atoms with Crippen LogP contribution in [0.2, 0.25) is 0 Å². The van der Waals surface area contributed by atoms with Gasteiger partial charge in [-0.2, -0.15) is 11.3 Å². The largest absolute Gasteiger partial charge is 0.310 e. The number of nitrogens with zero attached hydrogens (tertiary/aromatic N) is 3. The molecule has 0 amide bonds. The Labute approximate surface area is 155 Å². The van der Waals surface area contributed by atoms with Crippen LogP contribution in [-0.2, 0) is 19.5 Å². The molecule has 2 aliphatic rings. The predicted molar refractivity (Wildman–Crippen MR) is 102 cm³/mol. The van der Waals surface area contributed by atoms with Crippen molar-refractivity contribution < 1.29 is 0 Å². The maximum atomic E-state index is 12.5. The molecular formula is C20H20N4OS. The summed E-state index contributed by atoms with van der Waals surface area (Å²) in [4.78, 5) is 27.2. The number of rotatable bonds is 4. The number of nitrogens with one attached hydrogen (secondary N) is 1. The SMILES string of the molecule is O=c1[nH]c(C2CC2)nc2c1CN(Cc1cccnc1-c1ccsc1)CC2. The van der Waals surface area contributed by atoms with E-state index in [1.54, 1.807) is 11.3 Å². The Morgan fingerprint density at radius 1 is 1.31 bits per heavy atom. The van der Waals surface area contributed by atoms with Crippen LogP contribution in [0, 0.1) is 0 Å².